The number of nitrogens with one attached hydrogen (secondary N) is 1. The minimum Gasteiger partial charge on any atom is -0.456 e. The first-order valence-electron chi connectivity index (χ1n) is 10.2. The number of anilines is 1. The molecule has 1 aliphatic rings. The Morgan fingerprint density at radius 2 is 1.75 bits per heavy atom. The van der Waals surface area contributed by atoms with Crippen molar-refractivity contribution in [3.63, 3.8) is 0 Å². The Morgan fingerprint density at radius 3 is 2.41 bits per heavy atom. The summed E-state index contributed by atoms with van der Waals surface area (Å²) in [6.07, 6.45) is 3.79. The Bertz CT molecular complexity index is 1180. The third-order valence-electron chi connectivity index (χ3n) is 5.28. The van der Waals surface area contributed by atoms with Crippen LogP contribution < -0.4 is 10.1 Å². The highest BCUT2D eigenvalue weighted by atomic mass is 35.5. The van der Waals surface area contributed by atoms with E-state index in [1.54, 1.807) is 42.5 Å². The first kappa shape index (κ1) is 22.3. The van der Waals surface area contributed by atoms with Gasteiger partial charge in [-0.1, -0.05) is 23.7 Å². The normalized spacial score (nSPS) is 15.3. The molecule has 0 radical (unpaired) electrons. The number of nitrogens with zero attached hydrogens (tertiary/aromatic N) is 2. The summed E-state index contributed by atoms with van der Waals surface area (Å²) in [4.78, 5) is 16.7. The summed E-state index contributed by atoms with van der Waals surface area (Å²) < 4.78 is 32.6. The first-order chi connectivity index (χ1) is 15.4. The van der Waals surface area contributed by atoms with E-state index in [-0.39, 0.29) is 16.7 Å². The molecule has 1 amide bonds. The Morgan fingerprint density at radius 1 is 1.03 bits per heavy atom. The Hall–Kier alpha value is -2.94. The van der Waals surface area contributed by atoms with Crippen LogP contribution in [0.25, 0.3) is 0 Å². The number of ether oxygens (including phenoxy) is 1. The number of amides is 1. The van der Waals surface area contributed by atoms with Crippen LogP contribution in [-0.4, -0.2) is 36.7 Å². The van der Waals surface area contributed by atoms with Crippen LogP contribution in [0.3, 0.4) is 0 Å². The zero-order valence-electron chi connectivity index (χ0n) is 17.1. The second-order valence-corrected chi connectivity index (χ2v) is 9.76. The van der Waals surface area contributed by atoms with Gasteiger partial charge in [0, 0.05) is 37.1 Å². The average molecular weight is 472 g/mol. The molecule has 4 rings (SSSR count). The number of hydrogen-bond acceptors (Lipinski definition) is 5. The number of halogens is 1. The van der Waals surface area contributed by atoms with Crippen molar-refractivity contribution in [1.29, 1.82) is 0 Å². The minimum absolute atomic E-state index is 0.122. The van der Waals surface area contributed by atoms with Crippen molar-refractivity contribution in [3.05, 3.63) is 78.1 Å². The fourth-order valence-electron chi connectivity index (χ4n) is 3.51. The van der Waals surface area contributed by atoms with Gasteiger partial charge in [-0.05, 0) is 61.4 Å². The summed E-state index contributed by atoms with van der Waals surface area (Å²) in [5.74, 6) is 0.779. The molecule has 0 atom stereocenters. The number of piperidine rings is 1. The van der Waals surface area contributed by atoms with Gasteiger partial charge in [0.15, 0.2) is 0 Å². The number of pyridine rings is 1. The number of hydrogen-bond donors (Lipinski definition) is 1. The van der Waals surface area contributed by atoms with Gasteiger partial charge in [-0.15, -0.1) is 0 Å². The Labute approximate surface area is 192 Å². The highest BCUT2D eigenvalue weighted by Crippen LogP contribution is 2.30. The van der Waals surface area contributed by atoms with Crippen molar-refractivity contribution in [2.75, 3.05) is 18.4 Å². The lowest BCUT2D eigenvalue weighted by Crippen LogP contribution is -2.41. The molecule has 9 heteroatoms. The maximum Gasteiger partial charge on any atom is 0.244 e. The van der Waals surface area contributed by atoms with E-state index in [1.807, 2.05) is 12.1 Å². The van der Waals surface area contributed by atoms with Crippen molar-refractivity contribution in [3.8, 4) is 11.5 Å². The monoisotopic (exact) mass is 471 g/mol. The van der Waals surface area contributed by atoms with Gasteiger partial charge in [0.1, 0.15) is 16.4 Å². The maximum atomic E-state index is 12.7. The molecule has 1 aliphatic heterocycles. The fraction of sp³-hybridized carbons (Fsp3) is 0.217. The maximum absolute atomic E-state index is 12.7. The number of para-hydroxylation sites is 1. The van der Waals surface area contributed by atoms with Gasteiger partial charge < -0.3 is 10.1 Å². The molecule has 0 aliphatic carbocycles. The highest BCUT2D eigenvalue weighted by Gasteiger charge is 2.32. The van der Waals surface area contributed by atoms with Crippen LogP contribution in [-0.2, 0) is 14.8 Å². The summed E-state index contributed by atoms with van der Waals surface area (Å²) >= 11 is 6.11. The lowest BCUT2D eigenvalue weighted by Gasteiger charge is -2.30. The average Bonchev–Trinajstić information content (AvgIpc) is 2.82. The standard InChI is InChI=1S/C23H22ClN3O4S/c24-21-5-1-2-6-22(21)31-19-9-7-18(8-10-19)26-23(28)17-11-14-27(15-12-17)32(29,30)20-4-3-13-25-16-20/h1-10,13,16-17H,11-12,14-15H2,(H,26,28). The van der Waals surface area contributed by atoms with Crippen LogP contribution in [0.2, 0.25) is 5.02 Å². The fourth-order valence-corrected chi connectivity index (χ4v) is 5.12. The molecule has 0 spiro atoms. The SMILES string of the molecule is O=C(Nc1ccc(Oc2ccccc2Cl)cc1)C1CCN(S(=O)(=O)c2cccnc2)CC1. The summed E-state index contributed by atoms with van der Waals surface area (Å²) in [6.45, 7) is 0.583. The summed E-state index contributed by atoms with van der Waals surface area (Å²) in [5.41, 5.74) is 0.645. The Balaban J connectivity index is 1.32. The van der Waals surface area contributed by atoms with E-state index >= 15 is 0 Å². The van der Waals surface area contributed by atoms with E-state index in [4.69, 9.17) is 16.3 Å². The molecule has 1 aromatic heterocycles. The minimum atomic E-state index is -3.59. The third-order valence-corrected chi connectivity index (χ3v) is 7.48. The third kappa shape index (κ3) is 5.09. The molecule has 2 heterocycles. The smallest absolute Gasteiger partial charge is 0.244 e. The zero-order valence-corrected chi connectivity index (χ0v) is 18.7. The van der Waals surface area contributed by atoms with Crippen LogP contribution in [0, 0.1) is 5.92 Å². The lowest BCUT2D eigenvalue weighted by atomic mass is 9.97. The predicted octanol–water partition coefficient (Wildman–Crippen LogP) is 4.57. The van der Waals surface area contributed by atoms with Gasteiger partial charge in [0.25, 0.3) is 0 Å². The second-order valence-electron chi connectivity index (χ2n) is 7.41. The first-order valence-corrected chi connectivity index (χ1v) is 12.0. The molecule has 0 bridgehead atoms. The molecule has 32 heavy (non-hydrogen) atoms. The van der Waals surface area contributed by atoms with Gasteiger partial charge in [-0.2, -0.15) is 4.31 Å². The summed E-state index contributed by atoms with van der Waals surface area (Å²) in [5, 5.41) is 3.42. The van der Waals surface area contributed by atoms with Crippen LogP contribution in [0.4, 0.5) is 5.69 Å². The highest BCUT2D eigenvalue weighted by molar-refractivity contribution is 7.89. The van der Waals surface area contributed by atoms with Gasteiger partial charge >= 0.3 is 0 Å². The van der Waals surface area contributed by atoms with Crippen molar-refractivity contribution in [2.45, 2.75) is 17.7 Å². The summed E-state index contributed by atoms with van der Waals surface area (Å²) in [6, 6.07) is 17.3. The number of sulfonamides is 1. The number of aromatic nitrogens is 1. The topological polar surface area (TPSA) is 88.6 Å². The zero-order chi connectivity index (χ0) is 22.6. The second kappa shape index (κ2) is 9.68. The van der Waals surface area contributed by atoms with E-state index in [0.717, 1.165) is 0 Å². The van der Waals surface area contributed by atoms with Crippen LogP contribution in [0.5, 0.6) is 11.5 Å². The molecule has 1 N–H and O–H groups in total. The number of benzene rings is 2. The molecule has 3 aromatic rings. The largest absolute Gasteiger partial charge is 0.456 e. The van der Waals surface area contributed by atoms with Gasteiger partial charge in [-0.3, -0.25) is 9.78 Å². The van der Waals surface area contributed by atoms with E-state index in [0.29, 0.717) is 48.1 Å². The van der Waals surface area contributed by atoms with Gasteiger partial charge in [0.05, 0.1) is 5.02 Å². The quantitative estimate of drug-likeness (QED) is 0.569. The number of carbonyl (C=O) groups excluding carboxylic acids is 1. The molecule has 0 saturated carbocycles. The van der Waals surface area contributed by atoms with E-state index in [1.165, 1.54) is 22.8 Å². The molecule has 166 valence electrons. The van der Waals surface area contributed by atoms with Crippen molar-refractivity contribution in [2.24, 2.45) is 5.92 Å². The van der Waals surface area contributed by atoms with Crippen molar-refractivity contribution < 1.29 is 17.9 Å². The molecule has 2 aromatic carbocycles. The van der Waals surface area contributed by atoms with Gasteiger partial charge in [-0.25, -0.2) is 8.42 Å². The van der Waals surface area contributed by atoms with E-state index in [2.05, 4.69) is 10.3 Å². The molecular formula is C23H22ClN3O4S. The van der Waals surface area contributed by atoms with Crippen molar-refractivity contribution in [1.82, 2.24) is 9.29 Å². The molecule has 1 saturated heterocycles. The van der Waals surface area contributed by atoms with Crippen LogP contribution >= 0.6 is 11.6 Å². The van der Waals surface area contributed by atoms with Gasteiger partial charge in [0.2, 0.25) is 15.9 Å². The number of carbonyl (C=O) groups is 1. The molecule has 1 fully saturated rings. The van der Waals surface area contributed by atoms with Crippen LogP contribution in [0.15, 0.2) is 78.0 Å². The van der Waals surface area contributed by atoms with Crippen molar-refractivity contribution >= 4 is 33.2 Å². The summed E-state index contributed by atoms with van der Waals surface area (Å²) in [7, 11) is -3.59. The predicted molar refractivity (Wildman–Crippen MR) is 122 cm³/mol. The molecule has 0 unspecified atom stereocenters. The lowest BCUT2D eigenvalue weighted by molar-refractivity contribution is -0.120. The molecular weight excluding hydrogens is 450 g/mol. The Kier molecular flexibility index (Phi) is 6.74. The van der Waals surface area contributed by atoms with E-state index < -0.39 is 10.0 Å². The molecule has 7 nitrogen and oxygen atoms in total. The van der Waals surface area contributed by atoms with E-state index in [9.17, 15) is 13.2 Å². The van der Waals surface area contributed by atoms with Crippen LogP contribution in [0.1, 0.15) is 12.8 Å². The number of rotatable bonds is 6.